The Kier molecular flexibility index (Phi) is 5.25. The van der Waals surface area contributed by atoms with E-state index in [4.69, 9.17) is 9.47 Å². The van der Waals surface area contributed by atoms with Crippen molar-refractivity contribution >= 4 is 28.4 Å². The molecule has 0 radical (unpaired) electrons. The second-order valence-corrected chi connectivity index (χ2v) is 8.46. The standard InChI is InChI=1S/C25H27N3O4/c1-31-16-10-11-21(22(13-16)32-2)28-14-15(12-23(28)29)25(30)27-20-9-5-7-18-17-6-3-4-8-19(17)26-24(18)20/h3-4,6,8,10-11,13,15,20,26H,5,7,9,12,14H2,1-2H3,(H,27,30)/t15-,20+/m0/s1. The molecule has 1 aromatic heterocycles. The van der Waals surface area contributed by atoms with Crippen molar-refractivity contribution in [1.29, 1.82) is 0 Å². The third-order valence-corrected chi connectivity index (χ3v) is 6.60. The smallest absolute Gasteiger partial charge is 0.227 e. The highest BCUT2D eigenvalue weighted by atomic mass is 16.5. The van der Waals surface area contributed by atoms with Gasteiger partial charge in [-0.05, 0) is 43.0 Å². The molecule has 1 saturated heterocycles. The summed E-state index contributed by atoms with van der Waals surface area (Å²) in [7, 11) is 3.14. The Morgan fingerprint density at radius 3 is 2.81 bits per heavy atom. The molecule has 2 aromatic carbocycles. The average Bonchev–Trinajstić information content (AvgIpc) is 3.40. The molecule has 1 aliphatic carbocycles. The Labute approximate surface area is 186 Å². The van der Waals surface area contributed by atoms with Crippen LogP contribution in [0, 0.1) is 5.92 Å². The molecule has 2 atom stereocenters. The zero-order valence-electron chi connectivity index (χ0n) is 18.3. The highest BCUT2D eigenvalue weighted by molar-refractivity contribution is 6.01. The van der Waals surface area contributed by atoms with Gasteiger partial charge < -0.3 is 24.7 Å². The van der Waals surface area contributed by atoms with Crippen molar-refractivity contribution in [2.24, 2.45) is 5.92 Å². The van der Waals surface area contributed by atoms with Gasteiger partial charge in [-0.1, -0.05) is 18.2 Å². The number of rotatable bonds is 5. The van der Waals surface area contributed by atoms with Gasteiger partial charge >= 0.3 is 0 Å². The van der Waals surface area contributed by atoms with E-state index in [-0.39, 0.29) is 24.3 Å². The highest BCUT2D eigenvalue weighted by Crippen LogP contribution is 2.37. The summed E-state index contributed by atoms with van der Waals surface area (Å²) in [5.41, 5.74) is 4.16. The summed E-state index contributed by atoms with van der Waals surface area (Å²) in [5, 5.41) is 4.45. The number of aromatic amines is 1. The molecule has 7 nitrogen and oxygen atoms in total. The van der Waals surface area contributed by atoms with Crippen molar-refractivity contribution in [2.45, 2.75) is 31.7 Å². The zero-order chi connectivity index (χ0) is 22.2. The largest absolute Gasteiger partial charge is 0.497 e. The Morgan fingerprint density at radius 2 is 2.00 bits per heavy atom. The van der Waals surface area contributed by atoms with Crippen LogP contribution in [0.4, 0.5) is 5.69 Å². The number of aromatic nitrogens is 1. The fraction of sp³-hybridized carbons (Fsp3) is 0.360. The fourth-order valence-electron chi connectivity index (χ4n) is 4.97. The number of nitrogens with one attached hydrogen (secondary N) is 2. The number of nitrogens with zero attached hydrogens (tertiary/aromatic N) is 1. The monoisotopic (exact) mass is 433 g/mol. The van der Waals surface area contributed by atoms with Crippen LogP contribution in [0.25, 0.3) is 10.9 Å². The first kappa shape index (κ1) is 20.4. The average molecular weight is 434 g/mol. The van der Waals surface area contributed by atoms with Crippen LogP contribution in [0.3, 0.4) is 0 Å². The Bertz CT molecular complexity index is 1190. The Balaban J connectivity index is 1.33. The summed E-state index contributed by atoms with van der Waals surface area (Å²) in [5.74, 6) is 0.643. The zero-order valence-corrected chi connectivity index (χ0v) is 18.3. The minimum Gasteiger partial charge on any atom is -0.497 e. The molecule has 7 heteroatoms. The maximum Gasteiger partial charge on any atom is 0.227 e. The molecular formula is C25H27N3O4. The van der Waals surface area contributed by atoms with E-state index in [1.54, 1.807) is 37.3 Å². The van der Waals surface area contributed by atoms with Gasteiger partial charge in [0.2, 0.25) is 11.8 Å². The number of anilines is 1. The molecule has 0 spiro atoms. The van der Waals surface area contributed by atoms with Crippen LogP contribution >= 0.6 is 0 Å². The number of fused-ring (bicyclic) bond motifs is 3. The number of hydrogen-bond acceptors (Lipinski definition) is 4. The van der Waals surface area contributed by atoms with Crippen LogP contribution < -0.4 is 19.7 Å². The molecule has 1 fully saturated rings. The predicted molar refractivity (Wildman–Crippen MR) is 122 cm³/mol. The number of H-pyrrole nitrogens is 1. The molecule has 3 aromatic rings. The Hall–Kier alpha value is -3.48. The lowest BCUT2D eigenvalue weighted by molar-refractivity contribution is -0.127. The molecule has 2 heterocycles. The first-order chi connectivity index (χ1) is 15.6. The van der Waals surface area contributed by atoms with E-state index in [0.717, 1.165) is 30.5 Å². The van der Waals surface area contributed by atoms with E-state index in [2.05, 4.69) is 22.4 Å². The molecule has 32 heavy (non-hydrogen) atoms. The van der Waals surface area contributed by atoms with Crippen molar-refractivity contribution in [1.82, 2.24) is 10.3 Å². The number of carbonyl (C=O) groups is 2. The number of amides is 2. The number of benzene rings is 2. The summed E-state index contributed by atoms with van der Waals surface area (Å²) in [6.45, 7) is 0.333. The Morgan fingerprint density at radius 1 is 1.16 bits per heavy atom. The van der Waals surface area contributed by atoms with Crippen LogP contribution in [0.15, 0.2) is 42.5 Å². The van der Waals surface area contributed by atoms with Gasteiger partial charge in [0.25, 0.3) is 0 Å². The molecule has 2 amide bonds. The van der Waals surface area contributed by atoms with Crippen LogP contribution in [0.2, 0.25) is 0 Å². The van der Waals surface area contributed by atoms with Gasteiger partial charge in [-0.15, -0.1) is 0 Å². The van der Waals surface area contributed by atoms with Crippen LogP contribution in [0.1, 0.15) is 36.6 Å². The van der Waals surface area contributed by atoms with Crippen molar-refractivity contribution in [3.05, 3.63) is 53.7 Å². The molecule has 0 unspecified atom stereocenters. The van der Waals surface area contributed by atoms with E-state index in [9.17, 15) is 9.59 Å². The lowest BCUT2D eigenvalue weighted by Crippen LogP contribution is -2.37. The van der Waals surface area contributed by atoms with Gasteiger partial charge in [0, 0.05) is 35.6 Å². The fourth-order valence-corrected chi connectivity index (χ4v) is 4.97. The van der Waals surface area contributed by atoms with Gasteiger partial charge in [-0.25, -0.2) is 0 Å². The summed E-state index contributed by atoms with van der Waals surface area (Å²) < 4.78 is 10.7. The van der Waals surface area contributed by atoms with Crippen LogP contribution in [0.5, 0.6) is 11.5 Å². The van der Waals surface area contributed by atoms with Gasteiger partial charge in [-0.2, -0.15) is 0 Å². The summed E-state index contributed by atoms with van der Waals surface area (Å²) in [4.78, 5) is 31.1. The number of methoxy groups -OCH3 is 2. The minimum atomic E-state index is -0.399. The normalized spacial score (nSPS) is 20.3. The topological polar surface area (TPSA) is 83.7 Å². The van der Waals surface area contributed by atoms with E-state index >= 15 is 0 Å². The van der Waals surface area contributed by atoms with Crippen molar-refractivity contribution in [3.8, 4) is 11.5 Å². The summed E-state index contributed by atoms with van der Waals surface area (Å²) in [6, 6.07) is 13.5. The summed E-state index contributed by atoms with van der Waals surface area (Å²) >= 11 is 0. The number of carbonyl (C=O) groups excluding carboxylic acids is 2. The van der Waals surface area contributed by atoms with E-state index in [0.29, 0.717) is 23.7 Å². The maximum absolute atomic E-state index is 13.2. The summed E-state index contributed by atoms with van der Waals surface area (Å²) in [6.07, 6.45) is 3.12. The molecular weight excluding hydrogens is 406 g/mol. The third kappa shape index (κ3) is 3.47. The molecule has 166 valence electrons. The van der Waals surface area contributed by atoms with E-state index in [1.165, 1.54) is 10.9 Å². The van der Waals surface area contributed by atoms with Gasteiger partial charge in [-0.3, -0.25) is 9.59 Å². The molecule has 2 aliphatic rings. The lowest BCUT2D eigenvalue weighted by Gasteiger charge is -2.25. The number of ether oxygens (including phenoxy) is 2. The second-order valence-electron chi connectivity index (χ2n) is 8.46. The first-order valence-electron chi connectivity index (χ1n) is 11.0. The van der Waals surface area contributed by atoms with E-state index in [1.807, 2.05) is 12.1 Å². The third-order valence-electron chi connectivity index (χ3n) is 6.60. The number of aryl methyl sites for hydroxylation is 1. The minimum absolute atomic E-state index is 0.0571. The lowest BCUT2D eigenvalue weighted by atomic mass is 9.91. The van der Waals surface area contributed by atoms with Crippen LogP contribution in [-0.2, 0) is 16.0 Å². The second kappa shape index (κ2) is 8.22. The molecule has 2 N–H and O–H groups in total. The molecule has 5 rings (SSSR count). The van der Waals surface area contributed by atoms with Gasteiger partial charge in [0.15, 0.2) is 0 Å². The highest BCUT2D eigenvalue weighted by Gasteiger charge is 2.37. The van der Waals surface area contributed by atoms with Gasteiger partial charge in [0.05, 0.1) is 31.9 Å². The number of para-hydroxylation sites is 1. The molecule has 0 saturated carbocycles. The van der Waals surface area contributed by atoms with Gasteiger partial charge in [0.1, 0.15) is 11.5 Å². The van der Waals surface area contributed by atoms with Crippen molar-refractivity contribution in [2.75, 3.05) is 25.7 Å². The number of hydrogen-bond donors (Lipinski definition) is 2. The maximum atomic E-state index is 13.2. The quantitative estimate of drug-likeness (QED) is 0.642. The molecule has 0 bridgehead atoms. The molecule has 1 aliphatic heterocycles. The first-order valence-corrected chi connectivity index (χ1v) is 11.0. The van der Waals surface area contributed by atoms with Crippen molar-refractivity contribution in [3.63, 3.8) is 0 Å². The van der Waals surface area contributed by atoms with E-state index < -0.39 is 5.92 Å². The SMILES string of the molecule is COc1ccc(N2C[C@@H](C(=O)N[C@@H]3CCCc4c3[nH]c3ccccc43)CC2=O)c(OC)c1. The van der Waals surface area contributed by atoms with Crippen LogP contribution in [-0.4, -0.2) is 37.6 Å². The predicted octanol–water partition coefficient (Wildman–Crippen LogP) is 3.73. The van der Waals surface area contributed by atoms with Crippen molar-refractivity contribution < 1.29 is 19.1 Å².